The molecule has 3 aromatic carbocycles. The highest BCUT2D eigenvalue weighted by atomic mass is 35.5. The van der Waals surface area contributed by atoms with Gasteiger partial charge in [-0.15, -0.1) is 0 Å². The van der Waals surface area contributed by atoms with Crippen molar-refractivity contribution in [2.75, 3.05) is 13.7 Å². The first kappa shape index (κ1) is 22.4. The predicted octanol–water partition coefficient (Wildman–Crippen LogP) is 4.57. The molecule has 2 N–H and O–H groups in total. The number of methoxy groups -OCH3 is 1. The van der Waals surface area contributed by atoms with Gasteiger partial charge in [-0.3, -0.25) is 9.59 Å². The fourth-order valence-electron chi connectivity index (χ4n) is 3.21. The Morgan fingerprint density at radius 2 is 1.61 bits per heavy atom. The van der Waals surface area contributed by atoms with Gasteiger partial charge in [0.15, 0.2) is 0 Å². The molecule has 0 aliphatic rings. The Labute approximate surface area is 187 Å². The zero-order valence-corrected chi connectivity index (χ0v) is 18.1. The van der Waals surface area contributed by atoms with E-state index >= 15 is 0 Å². The van der Waals surface area contributed by atoms with Crippen LogP contribution in [0.15, 0.2) is 78.9 Å². The van der Waals surface area contributed by atoms with Gasteiger partial charge in [0.05, 0.1) is 30.2 Å². The molecule has 0 spiro atoms. The third-order valence-corrected chi connectivity index (χ3v) is 5.24. The summed E-state index contributed by atoms with van der Waals surface area (Å²) in [6, 6.07) is 23.6. The molecule has 5 nitrogen and oxygen atoms in total. The van der Waals surface area contributed by atoms with Crippen molar-refractivity contribution in [3.63, 3.8) is 0 Å². The Kier molecular flexibility index (Phi) is 8.07. The molecule has 31 heavy (non-hydrogen) atoms. The lowest BCUT2D eigenvalue weighted by Gasteiger charge is -2.19. The van der Waals surface area contributed by atoms with Crippen molar-refractivity contribution >= 4 is 23.4 Å². The SMILES string of the molecule is COc1ccc(CCNC(=O)C[C@@H](NC(=O)c2ccccc2Cl)c2ccccc2)cc1. The minimum absolute atomic E-state index is 0.128. The predicted molar refractivity (Wildman–Crippen MR) is 122 cm³/mol. The zero-order chi connectivity index (χ0) is 22.1. The van der Waals surface area contributed by atoms with Crippen LogP contribution in [-0.2, 0) is 11.2 Å². The average Bonchev–Trinajstić information content (AvgIpc) is 2.80. The first-order valence-electron chi connectivity index (χ1n) is 10.1. The van der Waals surface area contributed by atoms with Crippen LogP contribution >= 0.6 is 11.6 Å². The van der Waals surface area contributed by atoms with Gasteiger partial charge >= 0.3 is 0 Å². The molecule has 0 fully saturated rings. The minimum Gasteiger partial charge on any atom is -0.497 e. The third-order valence-electron chi connectivity index (χ3n) is 4.91. The quantitative estimate of drug-likeness (QED) is 0.516. The summed E-state index contributed by atoms with van der Waals surface area (Å²) < 4.78 is 5.16. The molecule has 0 aromatic heterocycles. The van der Waals surface area contributed by atoms with E-state index in [0.717, 1.165) is 16.9 Å². The number of amides is 2. The molecule has 0 aliphatic heterocycles. The van der Waals surface area contributed by atoms with E-state index in [9.17, 15) is 9.59 Å². The molecule has 0 radical (unpaired) electrons. The largest absolute Gasteiger partial charge is 0.497 e. The van der Waals surface area contributed by atoms with Crippen LogP contribution in [-0.4, -0.2) is 25.5 Å². The van der Waals surface area contributed by atoms with Crippen molar-refractivity contribution in [2.45, 2.75) is 18.9 Å². The number of rotatable bonds is 9. The molecule has 1 atom stereocenters. The van der Waals surface area contributed by atoms with Gasteiger partial charge in [0.25, 0.3) is 5.91 Å². The summed E-state index contributed by atoms with van der Waals surface area (Å²) >= 11 is 6.15. The van der Waals surface area contributed by atoms with E-state index in [-0.39, 0.29) is 18.2 Å². The third kappa shape index (κ3) is 6.59. The van der Waals surface area contributed by atoms with E-state index in [1.54, 1.807) is 31.4 Å². The normalized spacial score (nSPS) is 11.4. The summed E-state index contributed by atoms with van der Waals surface area (Å²) in [5.41, 5.74) is 2.34. The smallest absolute Gasteiger partial charge is 0.253 e. The monoisotopic (exact) mass is 436 g/mol. The number of ether oxygens (including phenoxy) is 1. The first-order valence-corrected chi connectivity index (χ1v) is 10.4. The fraction of sp³-hybridized carbons (Fsp3) is 0.200. The Bertz CT molecular complexity index is 1010. The number of hydrogen-bond donors (Lipinski definition) is 2. The van der Waals surface area contributed by atoms with Crippen LogP contribution in [0.3, 0.4) is 0 Å². The molecular weight excluding hydrogens is 412 g/mol. The lowest BCUT2D eigenvalue weighted by molar-refractivity contribution is -0.121. The summed E-state index contributed by atoms with van der Waals surface area (Å²) in [6.45, 7) is 0.505. The first-order chi connectivity index (χ1) is 15.1. The number of nitrogens with one attached hydrogen (secondary N) is 2. The number of halogens is 1. The molecule has 2 amide bonds. The second-order valence-corrected chi connectivity index (χ2v) is 7.48. The topological polar surface area (TPSA) is 67.4 Å². The van der Waals surface area contributed by atoms with Gasteiger partial charge in [-0.1, -0.05) is 66.2 Å². The Balaban J connectivity index is 1.61. The minimum atomic E-state index is -0.467. The number of carbonyl (C=O) groups is 2. The maximum atomic E-state index is 12.7. The molecule has 0 unspecified atom stereocenters. The summed E-state index contributed by atoms with van der Waals surface area (Å²) in [7, 11) is 1.63. The number of hydrogen-bond acceptors (Lipinski definition) is 3. The van der Waals surface area contributed by atoms with Gasteiger partial charge in [0.2, 0.25) is 5.91 Å². The van der Waals surface area contributed by atoms with Gasteiger partial charge in [0, 0.05) is 6.54 Å². The standard InChI is InChI=1S/C25H25ClN2O3/c1-31-20-13-11-18(12-14-20)15-16-27-24(29)17-23(19-7-3-2-4-8-19)28-25(30)21-9-5-6-10-22(21)26/h2-14,23H,15-17H2,1H3,(H,27,29)(H,28,30)/t23-/m1/s1. The highest BCUT2D eigenvalue weighted by Gasteiger charge is 2.20. The van der Waals surface area contributed by atoms with Crippen molar-refractivity contribution in [3.8, 4) is 5.75 Å². The molecule has 0 saturated carbocycles. The lowest BCUT2D eigenvalue weighted by atomic mass is 10.0. The molecule has 0 bridgehead atoms. The van der Waals surface area contributed by atoms with Gasteiger partial charge in [-0.05, 0) is 41.8 Å². The highest BCUT2D eigenvalue weighted by molar-refractivity contribution is 6.33. The van der Waals surface area contributed by atoms with E-state index in [0.29, 0.717) is 23.6 Å². The summed E-state index contributed by atoms with van der Waals surface area (Å²) in [6.07, 6.45) is 0.834. The number of carbonyl (C=O) groups excluding carboxylic acids is 2. The zero-order valence-electron chi connectivity index (χ0n) is 17.3. The molecule has 3 rings (SSSR count). The highest BCUT2D eigenvalue weighted by Crippen LogP contribution is 2.20. The van der Waals surface area contributed by atoms with E-state index in [2.05, 4.69) is 10.6 Å². The van der Waals surface area contributed by atoms with E-state index in [4.69, 9.17) is 16.3 Å². The van der Waals surface area contributed by atoms with Crippen molar-refractivity contribution in [1.29, 1.82) is 0 Å². The molecule has 0 saturated heterocycles. The second-order valence-electron chi connectivity index (χ2n) is 7.07. The Hall–Kier alpha value is -3.31. The molecule has 3 aromatic rings. The van der Waals surface area contributed by atoms with E-state index in [1.165, 1.54) is 0 Å². The van der Waals surface area contributed by atoms with Crippen molar-refractivity contribution in [2.24, 2.45) is 0 Å². The van der Waals surface area contributed by atoms with Crippen LogP contribution < -0.4 is 15.4 Å². The molecule has 0 heterocycles. The molecule has 0 aliphatic carbocycles. The summed E-state index contributed by atoms with van der Waals surface area (Å²) in [5, 5.41) is 6.25. The van der Waals surface area contributed by atoms with Crippen molar-refractivity contribution < 1.29 is 14.3 Å². The fourth-order valence-corrected chi connectivity index (χ4v) is 3.44. The molecule has 160 valence electrons. The van der Waals surface area contributed by atoms with Gasteiger partial charge in [-0.2, -0.15) is 0 Å². The molecule has 6 heteroatoms. The second kappa shape index (κ2) is 11.2. The van der Waals surface area contributed by atoms with Crippen LogP contribution in [0.25, 0.3) is 0 Å². The number of benzene rings is 3. The van der Waals surface area contributed by atoms with E-state index in [1.807, 2.05) is 54.6 Å². The summed E-state index contributed by atoms with van der Waals surface area (Å²) in [4.78, 5) is 25.3. The summed E-state index contributed by atoms with van der Waals surface area (Å²) in [5.74, 6) is 0.347. The Morgan fingerprint density at radius 1 is 0.935 bits per heavy atom. The molecular formula is C25H25ClN2O3. The van der Waals surface area contributed by atoms with Crippen LogP contribution in [0, 0.1) is 0 Å². The maximum Gasteiger partial charge on any atom is 0.253 e. The lowest BCUT2D eigenvalue weighted by Crippen LogP contribution is -2.34. The van der Waals surface area contributed by atoms with Gasteiger partial charge in [-0.25, -0.2) is 0 Å². The van der Waals surface area contributed by atoms with Crippen LogP contribution in [0.1, 0.15) is 33.9 Å². The van der Waals surface area contributed by atoms with Gasteiger partial charge < -0.3 is 15.4 Å². The van der Waals surface area contributed by atoms with Crippen LogP contribution in [0.5, 0.6) is 5.75 Å². The van der Waals surface area contributed by atoms with Crippen LogP contribution in [0.4, 0.5) is 0 Å². The van der Waals surface area contributed by atoms with Crippen molar-refractivity contribution in [1.82, 2.24) is 10.6 Å². The average molecular weight is 437 g/mol. The maximum absolute atomic E-state index is 12.7. The Morgan fingerprint density at radius 3 is 2.29 bits per heavy atom. The van der Waals surface area contributed by atoms with Crippen molar-refractivity contribution in [3.05, 3.63) is 101 Å². The van der Waals surface area contributed by atoms with Gasteiger partial charge in [0.1, 0.15) is 5.75 Å². The van der Waals surface area contributed by atoms with E-state index < -0.39 is 6.04 Å². The van der Waals surface area contributed by atoms with Crippen LogP contribution in [0.2, 0.25) is 5.02 Å².